The first kappa shape index (κ1) is 12.6. The van der Waals surface area contributed by atoms with Gasteiger partial charge in [0, 0.05) is 7.11 Å². The summed E-state index contributed by atoms with van der Waals surface area (Å²) < 4.78 is 5.39. The molecule has 0 aromatic heterocycles. The van der Waals surface area contributed by atoms with Gasteiger partial charge in [-0.15, -0.1) is 0 Å². The van der Waals surface area contributed by atoms with Crippen molar-refractivity contribution in [1.82, 2.24) is 6.15 Å². The molecular weight excluding hydrogens is 126 g/mol. The van der Waals surface area contributed by atoms with Gasteiger partial charge in [0.25, 0.3) is 0 Å². The number of ether oxygens (including phenoxy) is 1. The van der Waals surface area contributed by atoms with E-state index in [2.05, 4.69) is 20.8 Å². The topological polar surface area (TPSA) is 44.2 Å². The van der Waals surface area contributed by atoms with Crippen LogP contribution in [-0.4, -0.2) is 12.7 Å². The smallest absolute Gasteiger partial charge is 0.0671 e. The monoisotopic (exact) mass is 147 g/mol. The highest BCUT2D eigenvalue weighted by atomic mass is 16.5. The summed E-state index contributed by atoms with van der Waals surface area (Å²) in [6.45, 7) is 6.53. The molecular formula is C8H21NO. The van der Waals surface area contributed by atoms with Crippen LogP contribution < -0.4 is 6.15 Å². The Balaban J connectivity index is 0. The summed E-state index contributed by atoms with van der Waals surface area (Å²) in [6.07, 6.45) is 3.36. The zero-order chi connectivity index (χ0) is 7.33. The van der Waals surface area contributed by atoms with Gasteiger partial charge in [0.15, 0.2) is 0 Å². The van der Waals surface area contributed by atoms with E-state index in [9.17, 15) is 0 Å². The molecule has 0 bridgehead atoms. The summed E-state index contributed by atoms with van der Waals surface area (Å²) in [5, 5.41) is 0. The van der Waals surface area contributed by atoms with E-state index in [4.69, 9.17) is 4.74 Å². The number of hydrogen-bond acceptors (Lipinski definition) is 2. The first-order valence-electron chi connectivity index (χ1n) is 3.79. The van der Waals surface area contributed by atoms with E-state index in [1.165, 1.54) is 0 Å². The molecule has 0 aromatic rings. The molecule has 0 saturated carbocycles. The lowest BCUT2D eigenvalue weighted by Crippen LogP contribution is -2.28. The van der Waals surface area contributed by atoms with E-state index in [0.29, 0.717) is 0 Å². The van der Waals surface area contributed by atoms with Gasteiger partial charge in [-0.25, -0.2) is 0 Å². The summed E-state index contributed by atoms with van der Waals surface area (Å²) >= 11 is 0. The average Bonchev–Trinajstić information content (AvgIpc) is 1.95. The quantitative estimate of drug-likeness (QED) is 0.664. The Morgan fingerprint density at radius 1 is 1.00 bits per heavy atom. The molecule has 0 amide bonds. The molecule has 0 saturated heterocycles. The van der Waals surface area contributed by atoms with Crippen LogP contribution in [0.4, 0.5) is 0 Å². The lowest BCUT2D eigenvalue weighted by Gasteiger charge is -2.28. The normalized spacial score (nSPS) is 10.8. The highest BCUT2D eigenvalue weighted by Gasteiger charge is 2.21. The van der Waals surface area contributed by atoms with E-state index in [1.807, 2.05) is 0 Å². The Morgan fingerprint density at radius 3 is 1.30 bits per heavy atom. The van der Waals surface area contributed by atoms with Crippen molar-refractivity contribution >= 4 is 0 Å². The third-order valence-electron chi connectivity index (χ3n) is 2.37. The maximum Gasteiger partial charge on any atom is 0.0671 e. The average molecular weight is 147 g/mol. The second kappa shape index (κ2) is 5.69. The molecule has 0 fully saturated rings. The van der Waals surface area contributed by atoms with Crippen molar-refractivity contribution in [1.29, 1.82) is 0 Å². The van der Waals surface area contributed by atoms with E-state index in [1.54, 1.807) is 7.11 Å². The van der Waals surface area contributed by atoms with Crippen LogP contribution in [0.5, 0.6) is 0 Å². The van der Waals surface area contributed by atoms with Gasteiger partial charge in [0.2, 0.25) is 0 Å². The van der Waals surface area contributed by atoms with Gasteiger partial charge in [0.1, 0.15) is 0 Å². The number of rotatable bonds is 4. The van der Waals surface area contributed by atoms with Gasteiger partial charge in [0.05, 0.1) is 5.60 Å². The van der Waals surface area contributed by atoms with Gasteiger partial charge in [-0.1, -0.05) is 20.8 Å². The van der Waals surface area contributed by atoms with Gasteiger partial charge in [-0.3, -0.25) is 0 Å². The number of hydrogen-bond donors (Lipinski definition) is 1. The predicted molar refractivity (Wildman–Crippen MR) is 45.6 cm³/mol. The summed E-state index contributed by atoms with van der Waals surface area (Å²) in [7, 11) is 1.80. The molecule has 0 rings (SSSR count). The van der Waals surface area contributed by atoms with E-state index in [-0.39, 0.29) is 11.8 Å². The molecule has 0 unspecified atom stereocenters. The molecule has 3 N–H and O–H groups in total. The minimum atomic E-state index is 0. The fraction of sp³-hybridized carbons (Fsp3) is 1.00. The lowest BCUT2D eigenvalue weighted by atomic mass is 9.94. The maximum absolute atomic E-state index is 5.39. The first-order valence-corrected chi connectivity index (χ1v) is 3.79. The molecule has 2 nitrogen and oxygen atoms in total. The molecule has 0 aliphatic heterocycles. The standard InChI is InChI=1S/C8H18O.H3N/c1-5-8(6-2,7-3)9-4;/h5-7H2,1-4H3;1H3. The zero-order valence-corrected chi connectivity index (χ0v) is 7.74. The first-order chi connectivity index (χ1) is 4.24. The summed E-state index contributed by atoms with van der Waals surface area (Å²) in [6, 6.07) is 0. The van der Waals surface area contributed by atoms with Crippen LogP contribution in [0.15, 0.2) is 0 Å². The van der Waals surface area contributed by atoms with Crippen LogP contribution in [0.3, 0.4) is 0 Å². The highest BCUT2D eigenvalue weighted by molar-refractivity contribution is 4.74. The predicted octanol–water partition coefficient (Wildman–Crippen LogP) is 2.76. The lowest BCUT2D eigenvalue weighted by molar-refractivity contribution is -0.0197. The van der Waals surface area contributed by atoms with Crippen molar-refractivity contribution in [2.75, 3.05) is 7.11 Å². The molecule has 64 valence electrons. The zero-order valence-electron chi connectivity index (χ0n) is 7.74. The molecule has 2 heteroatoms. The third kappa shape index (κ3) is 2.67. The second-order valence-electron chi connectivity index (χ2n) is 2.45. The maximum atomic E-state index is 5.39. The van der Waals surface area contributed by atoms with Gasteiger partial charge in [-0.05, 0) is 19.3 Å². The van der Waals surface area contributed by atoms with Crippen molar-refractivity contribution < 1.29 is 4.74 Å². The third-order valence-corrected chi connectivity index (χ3v) is 2.37. The molecule has 0 heterocycles. The summed E-state index contributed by atoms with van der Waals surface area (Å²) in [5.74, 6) is 0. The van der Waals surface area contributed by atoms with Crippen LogP contribution in [0.1, 0.15) is 40.0 Å². The van der Waals surface area contributed by atoms with Crippen LogP contribution in [-0.2, 0) is 4.74 Å². The van der Waals surface area contributed by atoms with Crippen molar-refractivity contribution in [2.24, 2.45) is 0 Å². The Bertz CT molecular complexity index is 52.1. The minimum absolute atomic E-state index is 0. The second-order valence-corrected chi connectivity index (χ2v) is 2.45. The van der Waals surface area contributed by atoms with Crippen LogP contribution in [0, 0.1) is 0 Å². The Labute approximate surface area is 64.5 Å². The van der Waals surface area contributed by atoms with Crippen molar-refractivity contribution in [3.63, 3.8) is 0 Å². The van der Waals surface area contributed by atoms with E-state index >= 15 is 0 Å². The molecule has 0 atom stereocenters. The molecule has 0 aliphatic rings. The summed E-state index contributed by atoms with van der Waals surface area (Å²) in [4.78, 5) is 0. The van der Waals surface area contributed by atoms with Gasteiger partial charge >= 0.3 is 0 Å². The Hall–Kier alpha value is -0.0800. The summed E-state index contributed by atoms with van der Waals surface area (Å²) in [5.41, 5.74) is 0.167. The minimum Gasteiger partial charge on any atom is -0.378 e. The van der Waals surface area contributed by atoms with Crippen molar-refractivity contribution in [3.8, 4) is 0 Å². The van der Waals surface area contributed by atoms with Crippen molar-refractivity contribution in [2.45, 2.75) is 45.6 Å². The van der Waals surface area contributed by atoms with Crippen LogP contribution in [0.2, 0.25) is 0 Å². The largest absolute Gasteiger partial charge is 0.378 e. The highest BCUT2D eigenvalue weighted by Crippen LogP contribution is 2.22. The van der Waals surface area contributed by atoms with Gasteiger partial charge in [-0.2, -0.15) is 0 Å². The van der Waals surface area contributed by atoms with Crippen LogP contribution >= 0.6 is 0 Å². The molecule has 0 aliphatic carbocycles. The fourth-order valence-electron chi connectivity index (χ4n) is 1.18. The molecule has 0 radical (unpaired) electrons. The van der Waals surface area contributed by atoms with E-state index < -0.39 is 0 Å². The molecule has 10 heavy (non-hydrogen) atoms. The Morgan fingerprint density at radius 2 is 1.30 bits per heavy atom. The van der Waals surface area contributed by atoms with Crippen molar-refractivity contribution in [3.05, 3.63) is 0 Å². The fourth-order valence-corrected chi connectivity index (χ4v) is 1.18. The SMILES string of the molecule is CCC(CC)(CC)OC.N. The molecule has 0 spiro atoms. The van der Waals surface area contributed by atoms with Gasteiger partial charge < -0.3 is 10.9 Å². The molecule has 0 aromatic carbocycles. The Kier molecular flexibility index (Phi) is 7.15. The van der Waals surface area contributed by atoms with E-state index in [0.717, 1.165) is 19.3 Å². The number of methoxy groups -OCH3 is 1. The van der Waals surface area contributed by atoms with Crippen LogP contribution in [0.25, 0.3) is 0 Å².